The molecule has 1 aromatic rings. The van der Waals surface area contributed by atoms with Crippen LogP contribution in [0.15, 0.2) is 29.4 Å². The van der Waals surface area contributed by atoms with Gasteiger partial charge >= 0.3 is 19.8 Å². The minimum atomic E-state index is -4.55. The van der Waals surface area contributed by atoms with E-state index in [0.717, 1.165) is 30.1 Å². The van der Waals surface area contributed by atoms with Gasteiger partial charge in [0.2, 0.25) is 0 Å². The summed E-state index contributed by atoms with van der Waals surface area (Å²) in [5.74, 6) is -1.42. The molecule has 1 aromatic carbocycles. The standard InChI is InChI=1S/C36H55N4O10P/c1-26-21-29(4)35(30(5)22-26)31-23-28(3)33(24-27(31)2)50-51(47,48)49-20-6-7-32(36(45)46)40-14-12-38(17-19-42)9-8-37(16-18-41)10-11-39(13-15-40)25-34(43)44/h18-19,21,23-24,26,32H,6-17,20,22,25H2,1-5H3,(H,43,44)(H,45,46)(H,47,48)/t26?,32-/m1/s1. The molecule has 0 saturated carbocycles. The normalized spacial score (nSPS) is 21.1. The molecular formula is C36H55N4O10P. The van der Waals surface area contributed by atoms with Crippen LogP contribution in [0.4, 0.5) is 0 Å². The predicted octanol–water partition coefficient (Wildman–Crippen LogP) is 3.50. The van der Waals surface area contributed by atoms with Crippen LogP contribution in [0, 0.1) is 19.8 Å². The van der Waals surface area contributed by atoms with Gasteiger partial charge in [0, 0.05) is 52.4 Å². The maximum atomic E-state index is 13.0. The topological polar surface area (TPSA) is 177 Å². The number of carbonyl (C=O) groups is 4. The molecule has 51 heavy (non-hydrogen) atoms. The van der Waals surface area contributed by atoms with E-state index in [1.807, 2.05) is 29.7 Å². The van der Waals surface area contributed by atoms with Crippen molar-refractivity contribution in [1.82, 2.24) is 19.6 Å². The first kappa shape index (κ1) is 42.2. The number of aliphatic carboxylic acids is 2. The summed E-state index contributed by atoms with van der Waals surface area (Å²) in [6.45, 7) is 12.9. The van der Waals surface area contributed by atoms with E-state index in [1.165, 1.54) is 16.7 Å². The summed E-state index contributed by atoms with van der Waals surface area (Å²) in [7, 11) is -4.55. The highest BCUT2D eigenvalue weighted by Gasteiger charge is 2.29. The van der Waals surface area contributed by atoms with E-state index >= 15 is 0 Å². The van der Waals surface area contributed by atoms with Crippen molar-refractivity contribution < 1.29 is 47.9 Å². The number of hydrogen-bond donors (Lipinski definition) is 3. The number of nitrogens with zero attached hydrogens (tertiary/aromatic N) is 4. The van der Waals surface area contributed by atoms with Gasteiger partial charge < -0.3 is 24.3 Å². The highest BCUT2D eigenvalue weighted by molar-refractivity contribution is 7.47. The first-order chi connectivity index (χ1) is 24.1. The lowest BCUT2D eigenvalue weighted by molar-refractivity contribution is -0.144. The molecule has 1 aliphatic carbocycles. The van der Waals surface area contributed by atoms with Gasteiger partial charge in [0.05, 0.1) is 26.2 Å². The second kappa shape index (κ2) is 20.1. The fourth-order valence-corrected chi connectivity index (χ4v) is 7.81. The fraction of sp³-hybridized carbons (Fsp3) is 0.611. The van der Waals surface area contributed by atoms with E-state index in [2.05, 4.69) is 26.8 Å². The number of aryl methyl sites for hydroxylation is 2. The summed E-state index contributed by atoms with van der Waals surface area (Å²) in [6, 6.07) is 2.70. The molecule has 2 aliphatic rings. The lowest BCUT2D eigenvalue weighted by atomic mass is 9.82. The van der Waals surface area contributed by atoms with Crippen LogP contribution >= 0.6 is 7.82 Å². The summed E-state index contributed by atoms with van der Waals surface area (Å²) < 4.78 is 23.8. The molecule has 3 N–H and O–H groups in total. The zero-order chi connectivity index (χ0) is 37.7. The lowest BCUT2D eigenvalue weighted by Crippen LogP contribution is -2.51. The molecule has 14 nitrogen and oxygen atoms in total. The summed E-state index contributed by atoms with van der Waals surface area (Å²) in [6.07, 6.45) is 5.01. The molecule has 1 aliphatic heterocycles. The molecule has 284 valence electrons. The molecule has 0 amide bonds. The number of aldehydes is 2. The van der Waals surface area contributed by atoms with E-state index in [4.69, 9.17) is 9.05 Å². The Kier molecular flexibility index (Phi) is 16.6. The Hall–Kier alpha value is -3.23. The molecule has 0 bridgehead atoms. The Labute approximate surface area is 301 Å². The first-order valence-corrected chi connectivity index (χ1v) is 19.0. The van der Waals surface area contributed by atoms with Crippen LogP contribution in [0.1, 0.15) is 56.7 Å². The van der Waals surface area contributed by atoms with E-state index in [9.17, 15) is 38.8 Å². The molecule has 0 spiro atoms. The van der Waals surface area contributed by atoms with Crippen LogP contribution < -0.4 is 4.52 Å². The number of carboxylic acid groups (broad SMARTS) is 2. The van der Waals surface area contributed by atoms with Gasteiger partial charge in [-0.15, -0.1) is 0 Å². The molecule has 0 aromatic heterocycles. The van der Waals surface area contributed by atoms with Crippen molar-refractivity contribution in [3.05, 3.63) is 46.0 Å². The van der Waals surface area contributed by atoms with Crippen molar-refractivity contribution in [3.8, 4) is 5.75 Å². The summed E-state index contributed by atoms with van der Waals surface area (Å²) >= 11 is 0. The molecule has 1 fully saturated rings. The third kappa shape index (κ3) is 13.4. The third-order valence-electron chi connectivity index (χ3n) is 9.49. The van der Waals surface area contributed by atoms with Crippen molar-refractivity contribution >= 4 is 37.9 Å². The molecule has 3 atom stereocenters. The van der Waals surface area contributed by atoms with Crippen LogP contribution in [0.3, 0.4) is 0 Å². The zero-order valence-electron chi connectivity index (χ0n) is 30.6. The zero-order valence-corrected chi connectivity index (χ0v) is 31.5. The Morgan fingerprint density at radius 3 is 2.02 bits per heavy atom. The minimum absolute atomic E-state index is 0.0852. The number of benzene rings is 1. The third-order valence-corrected chi connectivity index (χ3v) is 10.4. The lowest BCUT2D eigenvalue weighted by Gasteiger charge is -2.35. The van der Waals surface area contributed by atoms with E-state index in [0.29, 0.717) is 44.2 Å². The maximum absolute atomic E-state index is 13.0. The second-order valence-electron chi connectivity index (χ2n) is 13.6. The Morgan fingerprint density at radius 2 is 1.47 bits per heavy atom. The Balaban J connectivity index is 1.67. The van der Waals surface area contributed by atoms with E-state index in [-0.39, 0.29) is 64.5 Å². The number of carbonyl (C=O) groups excluding carboxylic acids is 2. The fourth-order valence-electron chi connectivity index (χ4n) is 6.95. The second-order valence-corrected chi connectivity index (χ2v) is 15.0. The van der Waals surface area contributed by atoms with E-state index in [1.54, 1.807) is 15.9 Å². The number of allylic oxidation sites excluding steroid dienone is 4. The maximum Gasteiger partial charge on any atom is 0.527 e. The molecule has 1 saturated heterocycles. The Morgan fingerprint density at radius 1 is 0.902 bits per heavy atom. The molecule has 2 unspecified atom stereocenters. The summed E-state index contributed by atoms with van der Waals surface area (Å²) in [5, 5.41) is 19.7. The predicted molar refractivity (Wildman–Crippen MR) is 194 cm³/mol. The summed E-state index contributed by atoms with van der Waals surface area (Å²) in [4.78, 5) is 64.6. The van der Waals surface area contributed by atoms with Gasteiger partial charge in [0.1, 0.15) is 24.4 Å². The van der Waals surface area contributed by atoms with E-state index < -0.39 is 25.8 Å². The van der Waals surface area contributed by atoms with Gasteiger partial charge in [-0.2, -0.15) is 0 Å². The van der Waals surface area contributed by atoms with Crippen molar-refractivity contribution in [2.75, 3.05) is 78.6 Å². The molecule has 15 heteroatoms. The Bertz CT molecular complexity index is 1500. The number of carboxylic acids is 2. The SMILES string of the molecule is CC1=CC(C)CC(C)=C1c1cc(C)c(OP(=O)(O)OCCC[C@H](C(=O)O)N2CCN(CC=O)CCN(CC=O)CCN(CC(=O)O)CC2)cc1C. The van der Waals surface area contributed by atoms with Gasteiger partial charge in [-0.25, -0.2) is 4.57 Å². The van der Waals surface area contributed by atoms with Gasteiger partial charge in [0.15, 0.2) is 0 Å². The first-order valence-electron chi connectivity index (χ1n) is 17.5. The average Bonchev–Trinajstić information content (AvgIpc) is 3.02. The smallest absolute Gasteiger partial charge is 0.480 e. The largest absolute Gasteiger partial charge is 0.527 e. The monoisotopic (exact) mass is 734 g/mol. The van der Waals surface area contributed by atoms with Crippen LogP contribution in [-0.2, 0) is 28.3 Å². The quantitative estimate of drug-likeness (QED) is 0.128. The van der Waals surface area contributed by atoms with Crippen LogP contribution in [0.5, 0.6) is 5.75 Å². The molecular weight excluding hydrogens is 679 g/mol. The average molecular weight is 735 g/mol. The minimum Gasteiger partial charge on any atom is -0.480 e. The summed E-state index contributed by atoms with van der Waals surface area (Å²) in [5.41, 5.74) is 6.30. The molecule has 0 radical (unpaired) electrons. The van der Waals surface area contributed by atoms with Crippen molar-refractivity contribution in [2.24, 2.45) is 5.92 Å². The number of hydrogen-bond acceptors (Lipinski definition) is 11. The number of phosphoric ester groups is 1. The number of rotatable bonds is 16. The highest BCUT2D eigenvalue weighted by Crippen LogP contribution is 2.46. The van der Waals surface area contributed by atoms with Crippen molar-refractivity contribution in [2.45, 2.75) is 59.9 Å². The van der Waals surface area contributed by atoms with Gasteiger partial charge in [-0.05, 0) is 92.8 Å². The van der Waals surface area contributed by atoms with Gasteiger partial charge in [-0.3, -0.25) is 38.6 Å². The van der Waals surface area contributed by atoms with Crippen molar-refractivity contribution in [1.29, 1.82) is 0 Å². The van der Waals surface area contributed by atoms with Crippen LogP contribution in [0.2, 0.25) is 0 Å². The van der Waals surface area contributed by atoms with Gasteiger partial charge in [0.25, 0.3) is 0 Å². The van der Waals surface area contributed by atoms with Crippen molar-refractivity contribution in [3.63, 3.8) is 0 Å². The van der Waals surface area contributed by atoms with Crippen LogP contribution in [0.25, 0.3) is 5.57 Å². The number of phosphoric acid groups is 1. The molecule has 1 heterocycles. The highest BCUT2D eigenvalue weighted by atomic mass is 31.2. The van der Waals surface area contributed by atoms with Crippen LogP contribution in [-0.4, -0.2) is 144 Å². The molecule has 3 rings (SSSR count). The van der Waals surface area contributed by atoms with Gasteiger partial charge in [-0.1, -0.05) is 18.6 Å².